The fourth-order valence-electron chi connectivity index (χ4n) is 5.04. The lowest BCUT2D eigenvalue weighted by molar-refractivity contribution is -0.870. The molecule has 0 aliphatic heterocycles. The van der Waals surface area contributed by atoms with Crippen molar-refractivity contribution < 1.29 is 47.2 Å². The minimum absolute atomic E-state index is 0.0567. The number of carbonyl (C=O) groups is 2. The minimum Gasteiger partial charge on any atom is -0.756 e. The molecule has 0 spiro atoms. The Balaban J connectivity index is 4.56. The molecule has 0 rings (SSSR count). The predicted octanol–water partition coefficient (Wildman–Crippen LogP) is 10.4. The van der Waals surface area contributed by atoms with Crippen LogP contribution < -0.4 is 4.89 Å². The molecule has 11 heteroatoms. The summed E-state index contributed by atoms with van der Waals surface area (Å²) in [6, 6.07) is 0. The molecule has 0 aromatic heterocycles. The van der Waals surface area contributed by atoms with Crippen molar-refractivity contribution in [1.29, 1.82) is 0 Å². The average Bonchev–Trinajstić information content (AvgIpc) is 3.16. The number of hydrogen-bond donors (Lipinski definition) is 1. The van der Waals surface area contributed by atoms with E-state index in [0.29, 0.717) is 30.3 Å². The van der Waals surface area contributed by atoms with Crippen LogP contribution in [0.15, 0.2) is 85.1 Å². The quantitative estimate of drug-likeness (QED) is 0.0213. The third-order valence-corrected chi connectivity index (χ3v) is 9.41. The smallest absolute Gasteiger partial charge is 0.306 e. The number of nitrogens with zero attached hydrogens (tertiary/aromatic N) is 1. The van der Waals surface area contributed by atoms with E-state index in [1.165, 1.54) is 19.3 Å². The maximum atomic E-state index is 12.6. The highest BCUT2D eigenvalue weighted by Crippen LogP contribution is 2.38. The number of aliphatic hydroxyl groups excluding tert-OH is 1. The number of esters is 2. The van der Waals surface area contributed by atoms with Crippen LogP contribution in [0.2, 0.25) is 0 Å². The van der Waals surface area contributed by atoms with Gasteiger partial charge in [-0.1, -0.05) is 111 Å². The first-order chi connectivity index (χ1) is 27.5. The normalized spacial score (nSPS) is 14.4. The van der Waals surface area contributed by atoms with Crippen molar-refractivity contribution in [2.24, 2.45) is 0 Å². The summed E-state index contributed by atoms with van der Waals surface area (Å²) in [4.78, 5) is 37.5. The molecule has 0 aromatic rings. The summed E-state index contributed by atoms with van der Waals surface area (Å²) < 4.78 is 33.7. The van der Waals surface area contributed by atoms with Crippen molar-refractivity contribution in [2.75, 3.05) is 54.1 Å². The number of likely N-dealkylation sites (N-methyl/N-ethyl adjacent to an activating group) is 1. The molecule has 0 saturated carbocycles. The van der Waals surface area contributed by atoms with Crippen LogP contribution in [0.5, 0.6) is 0 Å². The molecular formula is C46H78NO9P. The lowest BCUT2D eigenvalue weighted by Gasteiger charge is -2.28. The Bertz CT molecular complexity index is 1250. The van der Waals surface area contributed by atoms with Crippen LogP contribution in [0.1, 0.15) is 135 Å². The topological polar surface area (TPSA) is 131 Å². The zero-order chi connectivity index (χ0) is 42.1. The van der Waals surface area contributed by atoms with Gasteiger partial charge in [-0.15, -0.1) is 0 Å². The van der Waals surface area contributed by atoms with Crippen molar-refractivity contribution >= 4 is 19.8 Å². The highest BCUT2D eigenvalue weighted by Gasteiger charge is 2.21. The lowest BCUT2D eigenvalue weighted by atomic mass is 10.1. The molecule has 326 valence electrons. The van der Waals surface area contributed by atoms with E-state index in [-0.39, 0.29) is 32.7 Å². The number of rotatable bonds is 38. The van der Waals surface area contributed by atoms with Gasteiger partial charge < -0.3 is 33.0 Å². The maximum absolute atomic E-state index is 12.6. The second-order valence-electron chi connectivity index (χ2n) is 15.1. The molecule has 0 radical (unpaired) electrons. The van der Waals surface area contributed by atoms with Gasteiger partial charge in [-0.05, 0) is 96.3 Å². The number of phosphoric ester groups is 1. The Morgan fingerprint density at radius 2 is 1.05 bits per heavy atom. The van der Waals surface area contributed by atoms with Crippen LogP contribution in [-0.4, -0.2) is 81.7 Å². The molecule has 0 saturated heterocycles. The molecule has 0 aliphatic carbocycles. The Kier molecular flexibility index (Phi) is 36.7. The third kappa shape index (κ3) is 42.6. The lowest BCUT2D eigenvalue weighted by Crippen LogP contribution is -2.37. The monoisotopic (exact) mass is 820 g/mol. The summed E-state index contributed by atoms with van der Waals surface area (Å²) in [5.41, 5.74) is 0. The van der Waals surface area contributed by atoms with E-state index in [0.717, 1.165) is 77.0 Å². The van der Waals surface area contributed by atoms with Crippen molar-refractivity contribution in [3.63, 3.8) is 0 Å². The molecule has 10 nitrogen and oxygen atoms in total. The van der Waals surface area contributed by atoms with Gasteiger partial charge in [0, 0.05) is 19.4 Å². The van der Waals surface area contributed by atoms with E-state index in [9.17, 15) is 19.0 Å². The molecule has 0 amide bonds. The summed E-state index contributed by atoms with van der Waals surface area (Å²) >= 11 is 0. The number of aliphatic hydroxyl groups is 1. The van der Waals surface area contributed by atoms with Crippen LogP contribution in [0.25, 0.3) is 0 Å². The summed E-state index contributed by atoms with van der Waals surface area (Å²) in [6.45, 7) is 2.06. The second-order valence-corrected chi connectivity index (χ2v) is 16.5. The molecule has 0 aromatic carbocycles. The molecule has 0 heterocycles. The van der Waals surface area contributed by atoms with E-state index < -0.39 is 32.5 Å². The number of ether oxygens (including phenoxy) is 2. The van der Waals surface area contributed by atoms with Gasteiger partial charge in [0.15, 0.2) is 6.10 Å². The van der Waals surface area contributed by atoms with Gasteiger partial charge in [0.25, 0.3) is 7.82 Å². The van der Waals surface area contributed by atoms with Gasteiger partial charge in [0.05, 0.1) is 27.7 Å². The van der Waals surface area contributed by atoms with Gasteiger partial charge in [0.1, 0.15) is 19.8 Å². The highest BCUT2D eigenvalue weighted by atomic mass is 31.2. The van der Waals surface area contributed by atoms with Crippen molar-refractivity contribution in [1.82, 2.24) is 0 Å². The average molecular weight is 820 g/mol. The van der Waals surface area contributed by atoms with Gasteiger partial charge in [-0.3, -0.25) is 14.2 Å². The predicted molar refractivity (Wildman–Crippen MR) is 232 cm³/mol. The van der Waals surface area contributed by atoms with E-state index in [1.807, 2.05) is 27.2 Å². The number of quaternary nitrogens is 1. The van der Waals surface area contributed by atoms with Crippen LogP contribution in [0, 0.1) is 0 Å². The van der Waals surface area contributed by atoms with Gasteiger partial charge in [0.2, 0.25) is 0 Å². The Morgan fingerprint density at radius 3 is 1.54 bits per heavy atom. The fraction of sp³-hybridized carbons (Fsp3) is 0.652. The van der Waals surface area contributed by atoms with Gasteiger partial charge in [-0.25, -0.2) is 0 Å². The number of allylic oxidation sites excluding steroid dienone is 14. The summed E-state index contributed by atoms with van der Waals surface area (Å²) in [6.07, 6.45) is 46.3. The number of hydrogen-bond acceptors (Lipinski definition) is 9. The van der Waals surface area contributed by atoms with Gasteiger partial charge in [-0.2, -0.15) is 0 Å². The van der Waals surface area contributed by atoms with Crippen LogP contribution in [-0.2, 0) is 32.7 Å². The molecule has 57 heavy (non-hydrogen) atoms. The van der Waals surface area contributed by atoms with Crippen molar-refractivity contribution in [3.05, 3.63) is 85.1 Å². The largest absolute Gasteiger partial charge is 0.756 e. The first-order valence-electron chi connectivity index (χ1n) is 21.4. The molecule has 2 atom stereocenters. The van der Waals surface area contributed by atoms with Crippen LogP contribution in [0.4, 0.5) is 0 Å². The zero-order valence-corrected chi connectivity index (χ0v) is 36.8. The Hall–Kier alpha value is -2.85. The summed E-state index contributed by atoms with van der Waals surface area (Å²) in [5, 5.41) is 8.80. The first-order valence-corrected chi connectivity index (χ1v) is 22.9. The molecule has 0 fully saturated rings. The summed E-state index contributed by atoms with van der Waals surface area (Å²) in [5.74, 6) is -0.969. The fourth-order valence-corrected chi connectivity index (χ4v) is 5.77. The van der Waals surface area contributed by atoms with E-state index in [4.69, 9.17) is 23.6 Å². The highest BCUT2D eigenvalue weighted by molar-refractivity contribution is 7.45. The molecule has 0 bridgehead atoms. The first kappa shape index (κ1) is 54.2. The van der Waals surface area contributed by atoms with Gasteiger partial charge >= 0.3 is 11.9 Å². The van der Waals surface area contributed by atoms with E-state index in [2.05, 4.69) is 85.9 Å². The minimum atomic E-state index is -4.66. The third-order valence-electron chi connectivity index (χ3n) is 8.44. The Labute approximate surface area is 346 Å². The standard InChI is InChI=1S/C46H78NO9P/c1-5-6-7-8-9-10-11-12-16-19-22-25-28-31-34-37-45(49)53-42-44(43-55-57(51,52)54-41-39-47(2,3)4)56-46(50)38-35-32-29-26-23-20-17-14-13-15-18-21-24-27-30-33-36-40-48/h9-10,12-13,15-17,20-22,24-26,29,44,48H,5-8,11,14,18-19,23,27-28,30-43H2,1-4H3/b10-9-,15-13-,16-12-,20-17-,24-21-,25-22-,29-26-/t44-/m1/s1. The second kappa shape index (κ2) is 38.7. The number of phosphoric acid groups is 1. The van der Waals surface area contributed by atoms with E-state index in [1.54, 1.807) is 0 Å². The SMILES string of the molecule is CCCCC/C=C\C/C=C\C/C=C\CCCCC(=O)OC[C@H](COP(=O)([O-])OCC[N+](C)(C)C)OC(=O)CCC/C=C\C/C=C\C/C=C\C/C=C\CCCCCO. The molecule has 0 aliphatic rings. The van der Waals surface area contributed by atoms with Crippen molar-refractivity contribution in [2.45, 2.75) is 141 Å². The van der Waals surface area contributed by atoms with Crippen LogP contribution >= 0.6 is 7.82 Å². The summed E-state index contributed by atoms with van der Waals surface area (Å²) in [7, 11) is 1.08. The number of carbonyl (C=O) groups excluding carboxylic acids is 2. The van der Waals surface area contributed by atoms with Crippen LogP contribution in [0.3, 0.4) is 0 Å². The van der Waals surface area contributed by atoms with E-state index >= 15 is 0 Å². The maximum Gasteiger partial charge on any atom is 0.306 e. The number of unbranched alkanes of at least 4 members (excludes halogenated alkanes) is 9. The molecule has 1 N–H and O–H groups in total. The molecular weight excluding hydrogens is 741 g/mol. The van der Waals surface area contributed by atoms with Crippen molar-refractivity contribution in [3.8, 4) is 0 Å². The zero-order valence-electron chi connectivity index (χ0n) is 35.9. The molecule has 1 unspecified atom stereocenters. The Morgan fingerprint density at radius 1 is 0.596 bits per heavy atom.